The van der Waals surface area contributed by atoms with Crippen LogP contribution in [0.4, 0.5) is 33.0 Å². The third-order valence-corrected chi connectivity index (χ3v) is 12.9. The number of benzene rings is 4. The minimum atomic E-state index is -4.28. The van der Waals surface area contributed by atoms with Gasteiger partial charge in [-0.2, -0.15) is 0 Å². The molecule has 0 spiro atoms. The van der Waals surface area contributed by atoms with Crippen LogP contribution in [0.25, 0.3) is 0 Å². The van der Waals surface area contributed by atoms with E-state index >= 15 is 0 Å². The number of hydrogen-bond donors (Lipinski definition) is 0. The average molecular weight is 905 g/mol. The van der Waals surface area contributed by atoms with Gasteiger partial charge in [-0.25, -0.2) is 26.0 Å². The molecule has 0 unspecified atom stereocenters. The van der Waals surface area contributed by atoms with Crippen LogP contribution in [-0.4, -0.2) is 53.1 Å². The number of azo groups is 2. The molecule has 2 aromatic heterocycles. The normalized spacial score (nSPS) is 11.5. The van der Waals surface area contributed by atoms with E-state index in [1.54, 1.807) is 60.8 Å². The minimum absolute atomic E-state index is 0.139. The second kappa shape index (κ2) is 23.7. The Hall–Kier alpha value is -5.24. The van der Waals surface area contributed by atoms with Gasteiger partial charge >= 0.3 is 10.3 Å². The van der Waals surface area contributed by atoms with Crippen LogP contribution >= 0.6 is 22.7 Å². The molecule has 0 aliphatic rings. The first-order chi connectivity index (χ1) is 29.1. The van der Waals surface area contributed by atoms with E-state index in [1.807, 2.05) is 47.4 Å². The van der Waals surface area contributed by atoms with Crippen LogP contribution in [0.2, 0.25) is 0 Å². The van der Waals surface area contributed by atoms with Crippen LogP contribution in [0, 0.1) is 13.8 Å². The van der Waals surface area contributed by atoms with Gasteiger partial charge < -0.3 is 18.9 Å². The molecular formula is C43H52N8O6S4. The average Bonchev–Trinajstić information content (AvgIpc) is 3.91. The van der Waals surface area contributed by atoms with Gasteiger partial charge in [0, 0.05) is 49.3 Å². The van der Waals surface area contributed by atoms with Crippen molar-refractivity contribution in [2.24, 2.45) is 20.5 Å². The molecule has 0 amide bonds. The van der Waals surface area contributed by atoms with Gasteiger partial charge in [0.15, 0.2) is 0 Å². The molecule has 6 rings (SSSR count). The monoisotopic (exact) mass is 904 g/mol. The summed E-state index contributed by atoms with van der Waals surface area (Å²) in [5.74, 6) is 0. The zero-order valence-corrected chi connectivity index (χ0v) is 38.4. The van der Waals surface area contributed by atoms with E-state index in [9.17, 15) is 25.9 Å². The molecule has 0 saturated carbocycles. The lowest BCUT2D eigenvalue weighted by Gasteiger charge is -2.21. The summed E-state index contributed by atoms with van der Waals surface area (Å²) in [5, 5.41) is 23.5. The topological polar surface area (TPSA) is 178 Å². The van der Waals surface area contributed by atoms with Crippen molar-refractivity contribution < 1.29 is 35.1 Å². The standard InChI is InChI=1S/C29H38N8S2.2C7H8O3S/c1-5-36-20-22-38-28(36)32-30-24-10-14-26(15-11-24)34(3)18-8-7-9-19-35(4)27-16-12-25(13-17-27)31-33-29-37(6-2)21-23-39-29;2*1-6-4-2-3-5-7(6)11(8,9)10/h10-17,20-23H,5-9,18-19H2,1-4H3;2*2-5H,1H3,(H,8,9,10)/q+2;;/p-2. The highest BCUT2D eigenvalue weighted by Crippen LogP contribution is 2.24. The Morgan fingerprint density at radius 3 is 1.21 bits per heavy atom. The van der Waals surface area contributed by atoms with Crippen LogP contribution in [0.3, 0.4) is 0 Å². The molecule has 0 aliphatic carbocycles. The van der Waals surface area contributed by atoms with Crippen LogP contribution in [0.1, 0.15) is 44.2 Å². The first kappa shape index (κ1) is 48.4. The Bertz CT molecular complexity index is 2380. The van der Waals surface area contributed by atoms with E-state index in [1.165, 1.54) is 42.1 Å². The summed E-state index contributed by atoms with van der Waals surface area (Å²) in [4.78, 5) is 4.33. The lowest BCUT2D eigenvalue weighted by molar-refractivity contribution is -0.677. The summed E-state index contributed by atoms with van der Waals surface area (Å²) in [6.07, 6.45) is 7.57. The summed E-state index contributed by atoms with van der Waals surface area (Å²) in [6.45, 7) is 11.2. The number of aromatic nitrogens is 2. The maximum atomic E-state index is 10.5. The predicted octanol–water partition coefficient (Wildman–Crippen LogP) is 9.80. The zero-order valence-electron chi connectivity index (χ0n) is 35.2. The number of nitrogens with zero attached hydrogens (tertiary/aromatic N) is 8. The molecule has 0 atom stereocenters. The summed E-state index contributed by atoms with van der Waals surface area (Å²) in [6, 6.07) is 28.8. The number of aryl methyl sites for hydroxylation is 4. The largest absolute Gasteiger partial charge is 0.744 e. The third-order valence-electron chi connectivity index (χ3n) is 9.30. The Balaban J connectivity index is 0.000000301. The molecule has 2 heterocycles. The van der Waals surface area contributed by atoms with Crippen molar-refractivity contribution in [1.82, 2.24) is 0 Å². The molecule has 0 bridgehead atoms. The molecule has 0 radical (unpaired) electrons. The Morgan fingerprint density at radius 2 is 0.902 bits per heavy atom. The van der Waals surface area contributed by atoms with Gasteiger partial charge in [-0.15, -0.1) is 0 Å². The van der Waals surface area contributed by atoms with Crippen molar-refractivity contribution >= 4 is 75.9 Å². The Morgan fingerprint density at radius 1 is 0.541 bits per heavy atom. The quantitative estimate of drug-likeness (QED) is 0.0399. The smallest absolute Gasteiger partial charge is 0.408 e. The van der Waals surface area contributed by atoms with E-state index in [4.69, 9.17) is 0 Å². The first-order valence-corrected chi connectivity index (χ1v) is 24.1. The van der Waals surface area contributed by atoms with Crippen molar-refractivity contribution in [2.75, 3.05) is 37.0 Å². The summed E-state index contributed by atoms with van der Waals surface area (Å²) in [7, 11) is -4.27. The van der Waals surface area contributed by atoms with Crippen molar-refractivity contribution in [3.63, 3.8) is 0 Å². The van der Waals surface area contributed by atoms with Crippen LogP contribution in [0.15, 0.2) is 150 Å². The second-order valence-corrected chi connectivity index (χ2v) is 18.2. The van der Waals surface area contributed by atoms with Crippen molar-refractivity contribution in [3.05, 3.63) is 131 Å². The van der Waals surface area contributed by atoms with E-state index < -0.39 is 20.2 Å². The molecule has 0 saturated heterocycles. The first-order valence-electron chi connectivity index (χ1n) is 19.5. The van der Waals surface area contributed by atoms with Gasteiger partial charge in [-0.1, -0.05) is 36.4 Å². The zero-order chi connectivity index (χ0) is 44.4. The summed E-state index contributed by atoms with van der Waals surface area (Å²) >= 11 is 3.20. The SMILES string of the molecule is CC[n+]1ccsc1N=Nc1ccc(N(C)CCCCCN(C)c2ccc(N=Nc3scc[n+]3CC)cc2)cc1.Cc1ccccc1S(=O)(=O)[O-].Cc1ccccc1S(=O)(=O)[O-]. The number of unbranched alkanes of at least 4 members (excludes halogenated alkanes) is 2. The van der Waals surface area contributed by atoms with Crippen molar-refractivity contribution in [2.45, 2.75) is 69.8 Å². The Kier molecular flexibility index (Phi) is 18.8. The van der Waals surface area contributed by atoms with Gasteiger partial charge in [0.25, 0.3) is 0 Å². The van der Waals surface area contributed by atoms with Gasteiger partial charge in [-0.3, -0.25) is 0 Å². The highest BCUT2D eigenvalue weighted by Gasteiger charge is 2.12. The molecule has 324 valence electrons. The van der Waals surface area contributed by atoms with Gasteiger partial charge in [0.2, 0.25) is 0 Å². The van der Waals surface area contributed by atoms with E-state index in [-0.39, 0.29) is 9.79 Å². The molecule has 0 aliphatic heterocycles. The lowest BCUT2D eigenvalue weighted by atomic mass is 10.2. The van der Waals surface area contributed by atoms with Gasteiger partial charge in [-0.05, 0) is 152 Å². The molecule has 0 N–H and O–H groups in total. The highest BCUT2D eigenvalue weighted by atomic mass is 32.2. The maximum Gasteiger partial charge on any atom is 0.408 e. The molecule has 61 heavy (non-hydrogen) atoms. The van der Waals surface area contributed by atoms with E-state index in [0.29, 0.717) is 11.1 Å². The molecule has 14 nitrogen and oxygen atoms in total. The molecule has 0 fully saturated rings. The minimum Gasteiger partial charge on any atom is -0.744 e. The highest BCUT2D eigenvalue weighted by molar-refractivity contribution is 7.86. The van der Waals surface area contributed by atoms with Crippen LogP contribution in [-0.2, 0) is 33.3 Å². The number of rotatable bonds is 16. The molecule has 18 heteroatoms. The molecule has 4 aromatic carbocycles. The van der Waals surface area contributed by atoms with E-state index in [2.05, 4.69) is 91.6 Å². The maximum absolute atomic E-state index is 10.5. The molecule has 6 aromatic rings. The fraction of sp³-hybridized carbons (Fsp3) is 0.302. The summed E-state index contributed by atoms with van der Waals surface area (Å²) < 4.78 is 67.2. The second-order valence-electron chi connectivity index (χ2n) is 13.7. The fourth-order valence-electron chi connectivity index (χ4n) is 5.79. The van der Waals surface area contributed by atoms with Gasteiger partial charge in [0.1, 0.15) is 44.0 Å². The predicted molar refractivity (Wildman–Crippen MR) is 240 cm³/mol. The number of anilines is 2. The fourth-order valence-corrected chi connectivity index (χ4v) is 8.69. The van der Waals surface area contributed by atoms with Crippen molar-refractivity contribution in [3.8, 4) is 0 Å². The van der Waals surface area contributed by atoms with Crippen molar-refractivity contribution in [1.29, 1.82) is 0 Å². The van der Waals surface area contributed by atoms with Crippen LogP contribution in [0.5, 0.6) is 0 Å². The third kappa shape index (κ3) is 15.6. The van der Waals surface area contributed by atoms with E-state index in [0.717, 1.165) is 60.7 Å². The number of thiazole rings is 2. The molecular weight excluding hydrogens is 853 g/mol. The Labute approximate surface area is 367 Å². The van der Waals surface area contributed by atoms with Gasteiger partial charge in [0.05, 0.1) is 33.1 Å². The number of hydrogen-bond acceptors (Lipinski definition) is 14. The summed E-state index contributed by atoms with van der Waals surface area (Å²) in [5.41, 5.74) is 5.12. The van der Waals surface area contributed by atoms with Crippen LogP contribution < -0.4 is 18.9 Å². The lowest BCUT2D eigenvalue weighted by Crippen LogP contribution is -2.28.